The molecule has 2 heterocycles. The van der Waals surface area contributed by atoms with E-state index in [-0.39, 0.29) is 24.0 Å². The van der Waals surface area contributed by atoms with Crippen LogP contribution in [-0.4, -0.2) is 68.9 Å². The first-order chi connectivity index (χ1) is 15.0. The highest BCUT2D eigenvalue weighted by Crippen LogP contribution is 2.21. The summed E-state index contributed by atoms with van der Waals surface area (Å²) < 4.78 is 26.9. The van der Waals surface area contributed by atoms with Gasteiger partial charge in [-0.25, -0.2) is 13.4 Å². The molecule has 1 aromatic rings. The Morgan fingerprint density at radius 3 is 2.41 bits per heavy atom. The van der Waals surface area contributed by atoms with Crippen LogP contribution >= 0.6 is 24.0 Å². The molecule has 2 fully saturated rings. The Labute approximate surface area is 211 Å². The van der Waals surface area contributed by atoms with Gasteiger partial charge in [0, 0.05) is 38.8 Å². The minimum atomic E-state index is -3.35. The fraction of sp³-hybridized carbons (Fsp3) is 0.696. The largest absolute Gasteiger partial charge is 0.357 e. The third kappa shape index (κ3) is 7.85. The van der Waals surface area contributed by atoms with E-state index in [9.17, 15) is 8.42 Å². The molecule has 7 nitrogen and oxygen atoms in total. The molecule has 182 valence electrons. The molecule has 1 aromatic carbocycles. The van der Waals surface area contributed by atoms with Gasteiger partial charge < -0.3 is 15.5 Å². The van der Waals surface area contributed by atoms with Gasteiger partial charge >= 0.3 is 0 Å². The molecule has 1 unspecified atom stereocenters. The summed E-state index contributed by atoms with van der Waals surface area (Å²) in [6, 6.07) is 7.85. The number of guanidine groups is 1. The van der Waals surface area contributed by atoms with Crippen molar-refractivity contribution in [2.45, 2.75) is 69.9 Å². The molecular weight excluding hydrogens is 537 g/mol. The first-order valence-corrected chi connectivity index (χ1v) is 13.3. The summed E-state index contributed by atoms with van der Waals surface area (Å²) >= 11 is 0. The number of hydrogen-bond acceptors (Lipinski definition) is 4. The zero-order valence-corrected chi connectivity index (χ0v) is 22.7. The Bertz CT molecular complexity index is 810. The smallest absolute Gasteiger partial charge is 0.243 e. The first kappa shape index (κ1) is 27.3. The topological polar surface area (TPSA) is 77.0 Å². The van der Waals surface area contributed by atoms with Gasteiger partial charge in [0.25, 0.3) is 0 Å². The molecule has 2 saturated heterocycles. The third-order valence-corrected chi connectivity index (χ3v) is 8.16. The maximum absolute atomic E-state index is 12.7. The fourth-order valence-electron chi connectivity index (χ4n) is 4.34. The van der Waals surface area contributed by atoms with Crippen molar-refractivity contribution in [1.29, 1.82) is 0 Å². The van der Waals surface area contributed by atoms with Crippen molar-refractivity contribution in [2.24, 2.45) is 4.99 Å². The lowest BCUT2D eigenvalue weighted by Crippen LogP contribution is -2.41. The van der Waals surface area contributed by atoms with Crippen LogP contribution in [0.2, 0.25) is 0 Å². The Morgan fingerprint density at radius 1 is 1.06 bits per heavy atom. The predicted octanol–water partition coefficient (Wildman–Crippen LogP) is 3.41. The van der Waals surface area contributed by atoms with E-state index in [4.69, 9.17) is 0 Å². The Morgan fingerprint density at radius 2 is 1.75 bits per heavy atom. The molecule has 3 rings (SSSR count). The highest BCUT2D eigenvalue weighted by molar-refractivity contribution is 14.0. The van der Waals surface area contributed by atoms with E-state index in [0.29, 0.717) is 30.6 Å². The van der Waals surface area contributed by atoms with Crippen LogP contribution in [0.5, 0.6) is 0 Å². The van der Waals surface area contributed by atoms with Crippen molar-refractivity contribution in [3.05, 3.63) is 29.8 Å². The molecule has 0 spiro atoms. The lowest BCUT2D eigenvalue weighted by molar-refractivity contribution is 0.159. The highest BCUT2D eigenvalue weighted by Gasteiger charge is 2.26. The predicted molar refractivity (Wildman–Crippen MR) is 142 cm³/mol. The normalized spacial score (nSPS) is 20.7. The van der Waals surface area contributed by atoms with E-state index in [2.05, 4.69) is 34.4 Å². The molecule has 0 aromatic heterocycles. The Kier molecular flexibility index (Phi) is 11.7. The summed E-state index contributed by atoms with van der Waals surface area (Å²) in [5, 5.41) is 6.72. The number of rotatable bonds is 9. The third-order valence-electron chi connectivity index (χ3n) is 6.25. The van der Waals surface area contributed by atoms with Crippen molar-refractivity contribution < 1.29 is 8.42 Å². The fourth-order valence-corrected chi connectivity index (χ4v) is 5.85. The second-order valence-corrected chi connectivity index (χ2v) is 10.5. The Balaban J connectivity index is 0.00000363. The molecule has 2 aliphatic heterocycles. The molecule has 9 heteroatoms. The van der Waals surface area contributed by atoms with Gasteiger partial charge in [-0.3, -0.25) is 0 Å². The summed E-state index contributed by atoms with van der Waals surface area (Å²) in [6.45, 7) is 10.2. The summed E-state index contributed by atoms with van der Waals surface area (Å²) in [6.07, 6.45) is 6.98. The molecule has 2 N–H and O–H groups in total. The van der Waals surface area contributed by atoms with Gasteiger partial charge in [0.1, 0.15) is 0 Å². The maximum Gasteiger partial charge on any atom is 0.243 e. The van der Waals surface area contributed by atoms with Crippen molar-refractivity contribution in [1.82, 2.24) is 19.8 Å². The van der Waals surface area contributed by atoms with Crippen LogP contribution < -0.4 is 10.6 Å². The van der Waals surface area contributed by atoms with Crippen molar-refractivity contribution in [2.75, 3.05) is 39.3 Å². The molecule has 1 atom stereocenters. The maximum atomic E-state index is 12.7. The molecule has 0 bridgehead atoms. The number of aliphatic imine (C=N–C) groups is 1. The molecule has 0 saturated carbocycles. The molecule has 0 radical (unpaired) electrons. The molecule has 32 heavy (non-hydrogen) atoms. The average Bonchev–Trinajstić information content (AvgIpc) is 3.32. The number of halogens is 1. The van der Waals surface area contributed by atoms with E-state index >= 15 is 0 Å². The van der Waals surface area contributed by atoms with Crippen LogP contribution in [0, 0.1) is 0 Å². The van der Waals surface area contributed by atoms with Crippen molar-refractivity contribution in [3.8, 4) is 0 Å². The van der Waals surface area contributed by atoms with Gasteiger partial charge in [-0.2, -0.15) is 4.31 Å². The lowest BCUT2D eigenvalue weighted by Gasteiger charge is -2.33. The van der Waals surface area contributed by atoms with Gasteiger partial charge in [-0.15, -0.1) is 24.0 Å². The van der Waals surface area contributed by atoms with Crippen LogP contribution in [0.25, 0.3) is 0 Å². The Hall–Kier alpha value is -0.910. The SMILES string of the molecule is CCNC(=NCc1ccc(S(=O)(=O)N2CCCC2)cc1)NCCCN1CCCCC1C.I. The average molecular weight is 578 g/mol. The van der Waals surface area contributed by atoms with Crippen molar-refractivity contribution >= 4 is 40.0 Å². The minimum Gasteiger partial charge on any atom is -0.357 e. The standard InChI is InChI=1S/C23H39N5O2S.HI/c1-3-24-23(25-14-8-16-27-15-5-4-9-20(27)2)26-19-21-10-12-22(13-11-21)31(29,30)28-17-6-7-18-28;/h10-13,20H,3-9,14-19H2,1-2H3,(H2,24,25,26);1H. The summed E-state index contributed by atoms with van der Waals surface area (Å²) in [7, 11) is -3.35. The van der Waals surface area contributed by atoms with E-state index in [0.717, 1.165) is 50.4 Å². The van der Waals surface area contributed by atoms with Gasteiger partial charge in [0.05, 0.1) is 11.4 Å². The first-order valence-electron chi connectivity index (χ1n) is 11.9. The van der Waals surface area contributed by atoms with Gasteiger partial charge in [0.2, 0.25) is 10.0 Å². The number of nitrogens with zero attached hydrogens (tertiary/aromatic N) is 3. The molecule has 0 amide bonds. The quantitative estimate of drug-likeness (QED) is 0.204. The molecule has 0 aliphatic carbocycles. The number of benzene rings is 1. The van der Waals surface area contributed by atoms with Crippen LogP contribution in [0.3, 0.4) is 0 Å². The lowest BCUT2D eigenvalue weighted by atomic mass is 10.0. The summed E-state index contributed by atoms with van der Waals surface area (Å²) in [5.74, 6) is 0.808. The number of sulfonamides is 1. The minimum absolute atomic E-state index is 0. The van der Waals surface area contributed by atoms with Crippen LogP contribution in [0.1, 0.15) is 57.9 Å². The van der Waals surface area contributed by atoms with Crippen LogP contribution in [0.15, 0.2) is 34.2 Å². The summed E-state index contributed by atoms with van der Waals surface area (Å²) in [5.41, 5.74) is 1.000. The van der Waals surface area contributed by atoms with Crippen LogP contribution in [-0.2, 0) is 16.6 Å². The zero-order valence-electron chi connectivity index (χ0n) is 19.6. The van der Waals surface area contributed by atoms with E-state index in [1.54, 1.807) is 16.4 Å². The molecule has 2 aliphatic rings. The zero-order chi connectivity index (χ0) is 22.1. The monoisotopic (exact) mass is 577 g/mol. The van der Waals surface area contributed by atoms with Gasteiger partial charge in [-0.05, 0) is 70.2 Å². The van der Waals surface area contributed by atoms with E-state index in [1.165, 1.54) is 25.8 Å². The second kappa shape index (κ2) is 13.7. The summed E-state index contributed by atoms with van der Waals surface area (Å²) in [4.78, 5) is 7.64. The van der Waals surface area contributed by atoms with E-state index in [1.807, 2.05) is 12.1 Å². The number of piperidine rings is 1. The number of likely N-dealkylation sites (tertiary alicyclic amines) is 1. The van der Waals surface area contributed by atoms with Crippen LogP contribution in [0.4, 0.5) is 0 Å². The second-order valence-electron chi connectivity index (χ2n) is 8.61. The highest BCUT2D eigenvalue weighted by atomic mass is 127. The number of hydrogen-bond donors (Lipinski definition) is 2. The molecular formula is C23H40IN5O2S. The van der Waals surface area contributed by atoms with Gasteiger partial charge in [0.15, 0.2) is 5.96 Å². The van der Waals surface area contributed by atoms with E-state index < -0.39 is 10.0 Å². The van der Waals surface area contributed by atoms with Gasteiger partial charge in [-0.1, -0.05) is 18.6 Å². The number of nitrogens with one attached hydrogen (secondary N) is 2. The van der Waals surface area contributed by atoms with Crippen molar-refractivity contribution in [3.63, 3.8) is 0 Å².